The van der Waals surface area contributed by atoms with E-state index in [2.05, 4.69) is 4.98 Å². The lowest BCUT2D eigenvalue weighted by Crippen LogP contribution is -2.40. The molecule has 3 aromatic rings. The number of hydrogen-bond donors (Lipinski definition) is 1. The molecule has 1 aliphatic rings. The number of amides is 1. The number of ether oxygens (including phenoxy) is 2. The SMILES string of the molecule is COc1ccc(CC(=O)N2CCCC(c3cc4cc(F)ccc4[nH]3)C2)cc1OC. The van der Waals surface area contributed by atoms with Crippen molar-refractivity contribution in [2.24, 2.45) is 0 Å². The number of rotatable bonds is 5. The second-order valence-electron chi connectivity index (χ2n) is 7.50. The molecule has 29 heavy (non-hydrogen) atoms. The molecule has 1 atom stereocenters. The lowest BCUT2D eigenvalue weighted by atomic mass is 9.94. The Balaban J connectivity index is 1.46. The minimum atomic E-state index is -0.238. The largest absolute Gasteiger partial charge is 0.493 e. The Morgan fingerprint density at radius 3 is 2.76 bits per heavy atom. The van der Waals surface area contributed by atoms with E-state index in [4.69, 9.17) is 9.47 Å². The zero-order valence-electron chi connectivity index (χ0n) is 16.7. The van der Waals surface area contributed by atoms with Crippen LogP contribution in [0.3, 0.4) is 0 Å². The lowest BCUT2D eigenvalue weighted by Gasteiger charge is -2.32. The number of carbonyl (C=O) groups excluding carboxylic acids is 1. The van der Waals surface area contributed by atoms with Crippen LogP contribution in [-0.2, 0) is 11.2 Å². The maximum Gasteiger partial charge on any atom is 0.227 e. The van der Waals surface area contributed by atoms with Crippen LogP contribution in [0.25, 0.3) is 10.9 Å². The Morgan fingerprint density at radius 2 is 1.97 bits per heavy atom. The topological polar surface area (TPSA) is 54.6 Å². The second kappa shape index (κ2) is 8.15. The minimum Gasteiger partial charge on any atom is -0.493 e. The van der Waals surface area contributed by atoms with Gasteiger partial charge in [-0.15, -0.1) is 0 Å². The van der Waals surface area contributed by atoms with Crippen molar-refractivity contribution in [1.82, 2.24) is 9.88 Å². The van der Waals surface area contributed by atoms with Gasteiger partial charge in [0.25, 0.3) is 0 Å². The molecule has 2 aromatic carbocycles. The van der Waals surface area contributed by atoms with Gasteiger partial charge in [0.05, 0.1) is 20.6 Å². The number of piperidine rings is 1. The molecule has 1 fully saturated rings. The molecular formula is C23H25FN2O3. The highest BCUT2D eigenvalue weighted by molar-refractivity contribution is 5.81. The summed E-state index contributed by atoms with van der Waals surface area (Å²) < 4.78 is 24.1. The summed E-state index contributed by atoms with van der Waals surface area (Å²) in [5.74, 6) is 1.37. The van der Waals surface area contributed by atoms with Gasteiger partial charge in [-0.3, -0.25) is 4.79 Å². The number of likely N-dealkylation sites (tertiary alicyclic amines) is 1. The molecule has 0 aliphatic carbocycles. The number of H-pyrrole nitrogens is 1. The van der Waals surface area contributed by atoms with E-state index < -0.39 is 0 Å². The number of fused-ring (bicyclic) bond motifs is 1. The first-order valence-corrected chi connectivity index (χ1v) is 9.84. The maximum absolute atomic E-state index is 13.5. The summed E-state index contributed by atoms with van der Waals surface area (Å²) >= 11 is 0. The fourth-order valence-corrected chi connectivity index (χ4v) is 4.08. The monoisotopic (exact) mass is 396 g/mol. The molecule has 4 rings (SSSR count). The molecule has 0 spiro atoms. The Hall–Kier alpha value is -3.02. The van der Waals surface area contributed by atoms with Crippen LogP contribution in [0.4, 0.5) is 4.39 Å². The smallest absolute Gasteiger partial charge is 0.227 e. The highest BCUT2D eigenvalue weighted by Crippen LogP contribution is 2.31. The molecule has 0 radical (unpaired) electrons. The van der Waals surface area contributed by atoms with E-state index in [-0.39, 0.29) is 17.6 Å². The molecular weight excluding hydrogens is 371 g/mol. The van der Waals surface area contributed by atoms with Gasteiger partial charge in [-0.05, 0) is 54.8 Å². The van der Waals surface area contributed by atoms with E-state index in [0.29, 0.717) is 24.5 Å². The highest BCUT2D eigenvalue weighted by atomic mass is 19.1. The summed E-state index contributed by atoms with van der Waals surface area (Å²) in [6.45, 7) is 1.43. The number of benzene rings is 2. The summed E-state index contributed by atoms with van der Waals surface area (Å²) in [5, 5.41) is 0.869. The summed E-state index contributed by atoms with van der Waals surface area (Å²) in [6.07, 6.45) is 2.28. The van der Waals surface area contributed by atoms with Crippen LogP contribution in [0.2, 0.25) is 0 Å². The predicted molar refractivity (Wildman–Crippen MR) is 110 cm³/mol. The first-order valence-electron chi connectivity index (χ1n) is 9.84. The van der Waals surface area contributed by atoms with Gasteiger partial charge >= 0.3 is 0 Å². The lowest BCUT2D eigenvalue weighted by molar-refractivity contribution is -0.131. The first-order chi connectivity index (χ1) is 14.1. The molecule has 1 aromatic heterocycles. The van der Waals surface area contributed by atoms with Crippen molar-refractivity contribution < 1.29 is 18.7 Å². The molecule has 0 saturated carbocycles. The van der Waals surface area contributed by atoms with Crippen LogP contribution in [0.15, 0.2) is 42.5 Å². The van der Waals surface area contributed by atoms with Crippen LogP contribution in [0.5, 0.6) is 11.5 Å². The number of aromatic amines is 1. The van der Waals surface area contributed by atoms with Gasteiger partial charge < -0.3 is 19.4 Å². The third-order valence-corrected chi connectivity index (χ3v) is 5.62. The van der Waals surface area contributed by atoms with Crippen molar-refractivity contribution in [3.8, 4) is 11.5 Å². The van der Waals surface area contributed by atoms with Gasteiger partial charge in [-0.25, -0.2) is 4.39 Å². The van der Waals surface area contributed by atoms with Crippen molar-refractivity contribution in [1.29, 1.82) is 0 Å². The van der Waals surface area contributed by atoms with E-state index in [1.807, 2.05) is 29.2 Å². The average molecular weight is 396 g/mol. The average Bonchev–Trinajstić information content (AvgIpc) is 3.17. The fourth-order valence-electron chi connectivity index (χ4n) is 4.08. The minimum absolute atomic E-state index is 0.101. The van der Waals surface area contributed by atoms with Crippen molar-refractivity contribution in [2.45, 2.75) is 25.2 Å². The van der Waals surface area contributed by atoms with Gasteiger partial charge in [0, 0.05) is 35.6 Å². The van der Waals surface area contributed by atoms with Crippen LogP contribution in [-0.4, -0.2) is 43.1 Å². The van der Waals surface area contributed by atoms with Crippen LogP contribution in [0.1, 0.15) is 30.0 Å². The molecule has 5 nitrogen and oxygen atoms in total. The third-order valence-electron chi connectivity index (χ3n) is 5.62. The van der Waals surface area contributed by atoms with Gasteiger partial charge in [0.2, 0.25) is 5.91 Å². The summed E-state index contributed by atoms with van der Waals surface area (Å²) in [5.41, 5.74) is 2.89. The van der Waals surface area contributed by atoms with Crippen molar-refractivity contribution in [3.63, 3.8) is 0 Å². The van der Waals surface area contributed by atoms with Crippen molar-refractivity contribution in [3.05, 3.63) is 59.5 Å². The Kier molecular flexibility index (Phi) is 5.43. The van der Waals surface area contributed by atoms with Gasteiger partial charge in [0.1, 0.15) is 5.82 Å². The Bertz CT molecular complexity index is 1030. The molecule has 1 unspecified atom stereocenters. The van der Waals surface area contributed by atoms with Crippen LogP contribution >= 0.6 is 0 Å². The number of nitrogens with one attached hydrogen (secondary N) is 1. The van der Waals surface area contributed by atoms with E-state index in [1.165, 1.54) is 12.1 Å². The summed E-state index contributed by atoms with van der Waals surface area (Å²) in [4.78, 5) is 18.2. The second-order valence-corrected chi connectivity index (χ2v) is 7.50. The number of methoxy groups -OCH3 is 2. The highest BCUT2D eigenvalue weighted by Gasteiger charge is 2.26. The van der Waals surface area contributed by atoms with Crippen molar-refractivity contribution >= 4 is 16.8 Å². The molecule has 0 bridgehead atoms. The quantitative estimate of drug-likeness (QED) is 0.701. The molecule has 1 aliphatic heterocycles. The molecule has 152 valence electrons. The summed E-state index contributed by atoms with van der Waals surface area (Å²) in [6, 6.07) is 12.3. The molecule has 6 heteroatoms. The fraction of sp³-hybridized carbons (Fsp3) is 0.348. The number of halogens is 1. The van der Waals surface area contributed by atoms with E-state index >= 15 is 0 Å². The number of hydrogen-bond acceptors (Lipinski definition) is 3. The van der Waals surface area contributed by atoms with Crippen molar-refractivity contribution in [2.75, 3.05) is 27.3 Å². The predicted octanol–water partition coefficient (Wildman–Crippen LogP) is 4.27. The van der Waals surface area contributed by atoms with Gasteiger partial charge in [0.15, 0.2) is 11.5 Å². The standard InChI is InChI=1S/C23H25FN2O3/c1-28-21-8-5-15(10-22(21)29-2)11-23(27)26-9-3-4-16(14-26)20-13-17-12-18(24)6-7-19(17)25-20/h5-8,10,12-13,16,25H,3-4,9,11,14H2,1-2H3. The Labute approximate surface area is 169 Å². The number of aromatic nitrogens is 1. The zero-order valence-corrected chi connectivity index (χ0v) is 16.7. The van der Waals surface area contributed by atoms with E-state index in [9.17, 15) is 9.18 Å². The van der Waals surface area contributed by atoms with Crippen LogP contribution < -0.4 is 9.47 Å². The maximum atomic E-state index is 13.5. The normalized spacial score (nSPS) is 16.8. The number of nitrogens with zero attached hydrogens (tertiary/aromatic N) is 1. The molecule has 1 N–H and O–H groups in total. The van der Waals surface area contributed by atoms with E-state index in [1.54, 1.807) is 20.3 Å². The molecule has 2 heterocycles. The summed E-state index contributed by atoms with van der Waals surface area (Å²) in [7, 11) is 3.18. The first kappa shape index (κ1) is 19.3. The van der Waals surface area contributed by atoms with E-state index in [0.717, 1.165) is 41.5 Å². The zero-order chi connectivity index (χ0) is 20.4. The third kappa shape index (κ3) is 4.06. The molecule has 1 saturated heterocycles. The van der Waals surface area contributed by atoms with Crippen LogP contribution in [0, 0.1) is 5.82 Å². The van der Waals surface area contributed by atoms with Gasteiger partial charge in [-0.2, -0.15) is 0 Å². The Morgan fingerprint density at radius 1 is 1.14 bits per heavy atom. The van der Waals surface area contributed by atoms with Gasteiger partial charge in [-0.1, -0.05) is 6.07 Å². The molecule has 1 amide bonds. The number of carbonyl (C=O) groups is 1.